The molecule has 0 saturated heterocycles. The van der Waals surface area contributed by atoms with Crippen LogP contribution < -0.4 is 10.6 Å². The van der Waals surface area contributed by atoms with E-state index in [9.17, 15) is 19.2 Å². The van der Waals surface area contributed by atoms with E-state index in [1.54, 1.807) is 17.0 Å². The number of hydrogen-bond donors (Lipinski definition) is 2. The third-order valence-corrected chi connectivity index (χ3v) is 10.0. The number of methoxy groups -OCH3 is 1. The summed E-state index contributed by atoms with van der Waals surface area (Å²) in [6.07, 6.45) is -0.00669. The molecule has 2 aromatic heterocycles. The highest BCUT2D eigenvalue weighted by Crippen LogP contribution is 2.41. The van der Waals surface area contributed by atoms with Crippen LogP contribution in [0.3, 0.4) is 0 Å². The van der Waals surface area contributed by atoms with Crippen molar-refractivity contribution < 1.29 is 28.7 Å². The zero-order chi connectivity index (χ0) is 32.1. The first-order chi connectivity index (χ1) is 21.5. The van der Waals surface area contributed by atoms with Gasteiger partial charge in [-0.25, -0.2) is 9.59 Å². The summed E-state index contributed by atoms with van der Waals surface area (Å²) in [5.41, 5.74) is 1.82. The van der Waals surface area contributed by atoms with Crippen molar-refractivity contribution in [1.29, 1.82) is 0 Å². The SMILES string of the molecule is COC(=O)c1c(NC(=O)C(Sc2cccc(NC(=O)c3cccs3)c2)c2ccccc2)sc2c1CCN(C(=O)OC(C)(C)C)C2. The first kappa shape index (κ1) is 32.3. The molecule has 12 heteroatoms. The van der Waals surface area contributed by atoms with Crippen molar-refractivity contribution in [2.75, 3.05) is 24.3 Å². The lowest BCUT2D eigenvalue weighted by Crippen LogP contribution is -2.39. The zero-order valence-corrected chi connectivity index (χ0v) is 27.7. The van der Waals surface area contributed by atoms with Gasteiger partial charge in [0.1, 0.15) is 15.9 Å². The number of rotatable bonds is 8. The van der Waals surface area contributed by atoms with Crippen molar-refractivity contribution in [3.63, 3.8) is 0 Å². The van der Waals surface area contributed by atoms with E-state index in [1.165, 1.54) is 41.5 Å². The molecule has 0 saturated carbocycles. The fourth-order valence-corrected chi connectivity index (χ4v) is 7.71. The molecule has 2 aromatic carbocycles. The van der Waals surface area contributed by atoms with Gasteiger partial charge in [0.2, 0.25) is 5.91 Å². The van der Waals surface area contributed by atoms with Crippen LogP contribution in [0.5, 0.6) is 0 Å². The summed E-state index contributed by atoms with van der Waals surface area (Å²) in [5.74, 6) is -1.08. The first-order valence-electron chi connectivity index (χ1n) is 14.2. The third kappa shape index (κ3) is 7.94. The molecule has 1 atom stereocenters. The molecule has 234 valence electrons. The molecule has 0 radical (unpaired) electrons. The van der Waals surface area contributed by atoms with Gasteiger partial charge in [0.15, 0.2) is 0 Å². The molecule has 5 rings (SSSR count). The standard InChI is InChI=1S/C33H33N3O6S3/c1-33(2,3)42-32(40)36-16-15-23-25(19-36)45-30(26(23)31(39)41-4)35-29(38)27(20-10-6-5-7-11-20)44-22-13-8-12-21(18-22)34-28(37)24-14-9-17-43-24/h5-14,17-18,27H,15-16,19H2,1-4H3,(H,34,37)(H,35,38). The normalized spacial score (nSPS) is 13.4. The lowest BCUT2D eigenvalue weighted by atomic mass is 10.0. The van der Waals surface area contributed by atoms with Crippen molar-refractivity contribution in [2.45, 2.75) is 49.5 Å². The summed E-state index contributed by atoms with van der Waals surface area (Å²) in [6.45, 7) is 6.07. The second kappa shape index (κ2) is 13.9. The van der Waals surface area contributed by atoms with E-state index in [4.69, 9.17) is 9.47 Å². The smallest absolute Gasteiger partial charge is 0.410 e. The zero-order valence-electron chi connectivity index (χ0n) is 25.2. The second-order valence-electron chi connectivity index (χ2n) is 11.2. The molecule has 0 bridgehead atoms. The van der Waals surface area contributed by atoms with Crippen LogP contribution in [0.15, 0.2) is 77.0 Å². The maximum Gasteiger partial charge on any atom is 0.410 e. The Balaban J connectivity index is 1.40. The van der Waals surface area contributed by atoms with Crippen LogP contribution in [0.1, 0.15) is 62.1 Å². The predicted octanol–water partition coefficient (Wildman–Crippen LogP) is 7.61. The number of nitrogens with one attached hydrogen (secondary N) is 2. The van der Waals surface area contributed by atoms with Crippen LogP contribution in [0.4, 0.5) is 15.5 Å². The minimum atomic E-state index is -0.683. The van der Waals surface area contributed by atoms with Gasteiger partial charge in [-0.1, -0.05) is 42.5 Å². The molecule has 0 spiro atoms. The number of esters is 1. The van der Waals surface area contributed by atoms with Gasteiger partial charge in [0.25, 0.3) is 5.91 Å². The number of amides is 3. The van der Waals surface area contributed by atoms with Crippen LogP contribution in [0.25, 0.3) is 0 Å². The molecule has 4 aromatic rings. The van der Waals surface area contributed by atoms with E-state index >= 15 is 0 Å². The maximum absolute atomic E-state index is 14.0. The number of hydrogen-bond acceptors (Lipinski definition) is 9. The highest BCUT2D eigenvalue weighted by atomic mass is 32.2. The van der Waals surface area contributed by atoms with Gasteiger partial charge < -0.3 is 25.0 Å². The number of benzene rings is 2. The minimum absolute atomic E-state index is 0.202. The number of carbonyl (C=O) groups is 4. The average molecular weight is 664 g/mol. The number of ether oxygens (including phenoxy) is 2. The number of fused-ring (bicyclic) bond motifs is 1. The maximum atomic E-state index is 14.0. The summed E-state index contributed by atoms with van der Waals surface area (Å²) in [6, 6.07) is 20.3. The molecule has 1 unspecified atom stereocenters. The monoisotopic (exact) mass is 663 g/mol. The van der Waals surface area contributed by atoms with E-state index in [0.717, 1.165) is 20.9 Å². The predicted molar refractivity (Wildman–Crippen MR) is 178 cm³/mol. The van der Waals surface area contributed by atoms with E-state index < -0.39 is 22.9 Å². The van der Waals surface area contributed by atoms with Gasteiger partial charge in [-0.2, -0.15) is 0 Å². The van der Waals surface area contributed by atoms with Crippen LogP contribution >= 0.6 is 34.4 Å². The van der Waals surface area contributed by atoms with E-state index in [-0.39, 0.29) is 18.4 Å². The van der Waals surface area contributed by atoms with Crippen LogP contribution in [-0.4, -0.2) is 48.0 Å². The largest absolute Gasteiger partial charge is 0.465 e. The summed E-state index contributed by atoms with van der Waals surface area (Å²) in [7, 11) is 1.31. The molecule has 1 aliphatic rings. The van der Waals surface area contributed by atoms with Crippen molar-refractivity contribution in [2.24, 2.45) is 0 Å². The van der Waals surface area contributed by atoms with E-state index in [1.807, 2.05) is 80.7 Å². The lowest BCUT2D eigenvalue weighted by molar-refractivity contribution is -0.115. The Morgan fingerprint density at radius 1 is 0.978 bits per heavy atom. The summed E-state index contributed by atoms with van der Waals surface area (Å²) >= 11 is 3.95. The number of thiophene rings is 2. The second-order valence-corrected chi connectivity index (χ2v) is 14.4. The summed E-state index contributed by atoms with van der Waals surface area (Å²) in [4.78, 5) is 56.1. The van der Waals surface area contributed by atoms with Crippen LogP contribution in [0, 0.1) is 0 Å². The van der Waals surface area contributed by atoms with Gasteiger partial charge in [0.05, 0.1) is 24.1 Å². The van der Waals surface area contributed by atoms with E-state index in [2.05, 4.69) is 10.6 Å². The van der Waals surface area contributed by atoms with Crippen molar-refractivity contribution in [3.8, 4) is 0 Å². The van der Waals surface area contributed by atoms with Gasteiger partial charge in [-0.15, -0.1) is 34.4 Å². The van der Waals surface area contributed by atoms with Crippen molar-refractivity contribution in [3.05, 3.63) is 98.6 Å². The number of anilines is 2. The molecule has 1 aliphatic heterocycles. The highest BCUT2D eigenvalue weighted by molar-refractivity contribution is 8.00. The van der Waals surface area contributed by atoms with Crippen molar-refractivity contribution in [1.82, 2.24) is 4.90 Å². The fraction of sp³-hybridized carbons (Fsp3) is 0.273. The van der Waals surface area contributed by atoms with Gasteiger partial charge in [0, 0.05) is 22.0 Å². The van der Waals surface area contributed by atoms with Crippen LogP contribution in [0.2, 0.25) is 0 Å². The molecule has 0 aliphatic carbocycles. The quantitative estimate of drug-likeness (QED) is 0.147. The molecule has 0 fully saturated rings. The third-order valence-electron chi connectivity index (χ3n) is 6.77. The number of thioether (sulfide) groups is 1. The van der Waals surface area contributed by atoms with Crippen molar-refractivity contribution >= 4 is 69.0 Å². The van der Waals surface area contributed by atoms with Gasteiger partial charge in [-0.3, -0.25) is 9.59 Å². The molecule has 3 amide bonds. The molecule has 45 heavy (non-hydrogen) atoms. The fourth-order valence-electron chi connectivity index (χ4n) is 4.75. The Morgan fingerprint density at radius 2 is 1.76 bits per heavy atom. The Morgan fingerprint density at radius 3 is 2.44 bits per heavy atom. The minimum Gasteiger partial charge on any atom is -0.465 e. The number of nitrogens with zero attached hydrogens (tertiary/aromatic N) is 1. The summed E-state index contributed by atoms with van der Waals surface area (Å²) < 4.78 is 10.7. The molecule has 3 heterocycles. The van der Waals surface area contributed by atoms with E-state index in [0.29, 0.717) is 34.1 Å². The van der Waals surface area contributed by atoms with Gasteiger partial charge >= 0.3 is 12.1 Å². The lowest BCUT2D eigenvalue weighted by Gasteiger charge is -2.30. The highest BCUT2D eigenvalue weighted by Gasteiger charge is 2.33. The Labute approximate surface area is 273 Å². The topological polar surface area (TPSA) is 114 Å². The molecule has 2 N–H and O–H groups in total. The molecular formula is C33H33N3O6S3. The molecule has 9 nitrogen and oxygen atoms in total. The Kier molecular flexibility index (Phi) is 9.96. The average Bonchev–Trinajstić information content (AvgIpc) is 3.67. The number of carbonyl (C=O) groups excluding carboxylic acids is 4. The van der Waals surface area contributed by atoms with Crippen LogP contribution in [-0.2, 0) is 27.2 Å². The first-order valence-corrected chi connectivity index (χ1v) is 16.8. The Bertz CT molecular complexity index is 1700. The molecular weight excluding hydrogens is 631 g/mol. The Hall–Kier alpha value is -4.13. The summed E-state index contributed by atoms with van der Waals surface area (Å²) in [5, 5.41) is 7.46. The van der Waals surface area contributed by atoms with Gasteiger partial charge in [-0.05, 0) is 68.0 Å².